The van der Waals surface area contributed by atoms with Crippen molar-refractivity contribution in [3.8, 4) is 0 Å². The minimum atomic E-state index is -3.22. The number of rotatable bonds is 7. The van der Waals surface area contributed by atoms with Crippen LogP contribution in [0.25, 0.3) is 0 Å². The Morgan fingerprint density at radius 2 is 1.86 bits per heavy atom. The molecule has 0 spiro atoms. The molecule has 1 heterocycles. The Morgan fingerprint density at radius 3 is 2.50 bits per heavy atom. The van der Waals surface area contributed by atoms with Gasteiger partial charge < -0.3 is 9.64 Å². The van der Waals surface area contributed by atoms with Crippen LogP contribution < -0.4 is 0 Å². The average Bonchev–Trinajstić information content (AvgIpc) is 2.53. The van der Waals surface area contributed by atoms with Gasteiger partial charge in [0.05, 0.1) is 12.4 Å². The SMILES string of the molecule is COCCS(=O)(=O)N1CCN(CCc2ccccc2F)CC1. The topological polar surface area (TPSA) is 49.9 Å². The molecule has 1 saturated heterocycles. The summed E-state index contributed by atoms with van der Waals surface area (Å²) in [6.45, 7) is 3.30. The first-order chi connectivity index (χ1) is 10.5. The molecule has 0 radical (unpaired) electrons. The van der Waals surface area contributed by atoms with Crippen LogP contribution in [0.5, 0.6) is 0 Å². The van der Waals surface area contributed by atoms with Gasteiger partial charge in [-0.05, 0) is 18.1 Å². The van der Waals surface area contributed by atoms with Gasteiger partial charge in [-0.1, -0.05) is 18.2 Å². The average molecular weight is 330 g/mol. The largest absolute Gasteiger partial charge is 0.384 e. The van der Waals surface area contributed by atoms with E-state index in [1.54, 1.807) is 12.1 Å². The van der Waals surface area contributed by atoms with Crippen molar-refractivity contribution in [2.24, 2.45) is 0 Å². The predicted molar refractivity (Wildman–Crippen MR) is 83.8 cm³/mol. The molecule has 7 heteroatoms. The summed E-state index contributed by atoms with van der Waals surface area (Å²) >= 11 is 0. The van der Waals surface area contributed by atoms with Crippen LogP contribution in [0.15, 0.2) is 24.3 Å². The zero-order valence-electron chi connectivity index (χ0n) is 12.9. The van der Waals surface area contributed by atoms with Crippen LogP contribution in [0.2, 0.25) is 0 Å². The van der Waals surface area contributed by atoms with E-state index in [-0.39, 0.29) is 18.2 Å². The van der Waals surface area contributed by atoms with E-state index < -0.39 is 10.0 Å². The minimum Gasteiger partial charge on any atom is -0.384 e. The molecule has 0 N–H and O–H groups in total. The third kappa shape index (κ3) is 4.74. The number of ether oxygens (including phenoxy) is 1. The van der Waals surface area contributed by atoms with Crippen LogP contribution in [0, 0.1) is 5.82 Å². The summed E-state index contributed by atoms with van der Waals surface area (Å²) in [5.41, 5.74) is 0.706. The summed E-state index contributed by atoms with van der Waals surface area (Å²) in [5, 5.41) is 0. The maximum absolute atomic E-state index is 13.6. The van der Waals surface area contributed by atoms with E-state index in [9.17, 15) is 12.8 Å². The highest BCUT2D eigenvalue weighted by Crippen LogP contribution is 2.11. The summed E-state index contributed by atoms with van der Waals surface area (Å²) < 4.78 is 44.0. The summed E-state index contributed by atoms with van der Waals surface area (Å²) in [7, 11) is -1.72. The summed E-state index contributed by atoms with van der Waals surface area (Å²) in [5.74, 6) is -0.151. The van der Waals surface area contributed by atoms with E-state index in [1.165, 1.54) is 17.5 Å². The Hall–Kier alpha value is -1.02. The first-order valence-corrected chi connectivity index (χ1v) is 9.06. The van der Waals surface area contributed by atoms with E-state index in [0.717, 1.165) is 6.54 Å². The summed E-state index contributed by atoms with van der Waals surface area (Å²) in [4.78, 5) is 2.18. The fourth-order valence-corrected chi connectivity index (χ4v) is 3.88. The first-order valence-electron chi connectivity index (χ1n) is 7.45. The monoisotopic (exact) mass is 330 g/mol. The van der Waals surface area contributed by atoms with Crippen LogP contribution in [0.3, 0.4) is 0 Å². The molecular formula is C15H23FN2O3S. The Morgan fingerprint density at radius 1 is 1.18 bits per heavy atom. The van der Waals surface area contributed by atoms with Gasteiger partial charge in [-0.15, -0.1) is 0 Å². The van der Waals surface area contributed by atoms with Crippen molar-refractivity contribution in [2.45, 2.75) is 6.42 Å². The zero-order chi connectivity index (χ0) is 16.0. The number of sulfonamides is 1. The van der Waals surface area contributed by atoms with Gasteiger partial charge in [0.25, 0.3) is 0 Å². The van der Waals surface area contributed by atoms with Gasteiger partial charge in [-0.3, -0.25) is 0 Å². The van der Waals surface area contributed by atoms with Gasteiger partial charge in [0.2, 0.25) is 10.0 Å². The molecule has 1 aliphatic heterocycles. The molecule has 0 unspecified atom stereocenters. The number of hydrogen-bond donors (Lipinski definition) is 0. The van der Waals surface area contributed by atoms with Crippen LogP contribution in [0.1, 0.15) is 5.56 Å². The van der Waals surface area contributed by atoms with E-state index in [2.05, 4.69) is 4.90 Å². The van der Waals surface area contributed by atoms with Gasteiger partial charge in [-0.2, -0.15) is 4.31 Å². The van der Waals surface area contributed by atoms with Crippen molar-refractivity contribution < 1.29 is 17.5 Å². The Bertz CT molecular complexity index is 572. The quantitative estimate of drug-likeness (QED) is 0.747. The lowest BCUT2D eigenvalue weighted by Crippen LogP contribution is -2.49. The maximum Gasteiger partial charge on any atom is 0.216 e. The molecule has 1 aromatic carbocycles. The van der Waals surface area contributed by atoms with Crippen molar-refractivity contribution in [1.82, 2.24) is 9.21 Å². The normalized spacial score (nSPS) is 17.7. The number of methoxy groups -OCH3 is 1. The van der Waals surface area contributed by atoms with E-state index >= 15 is 0 Å². The molecular weight excluding hydrogens is 307 g/mol. The number of piperazine rings is 1. The van der Waals surface area contributed by atoms with Crippen LogP contribution in [-0.4, -0.2) is 69.8 Å². The van der Waals surface area contributed by atoms with E-state index in [1.807, 2.05) is 6.07 Å². The molecule has 0 amide bonds. The van der Waals surface area contributed by atoms with Crippen LogP contribution >= 0.6 is 0 Å². The lowest BCUT2D eigenvalue weighted by atomic mass is 10.1. The molecule has 0 atom stereocenters. The van der Waals surface area contributed by atoms with Crippen LogP contribution in [-0.2, 0) is 21.2 Å². The maximum atomic E-state index is 13.6. The van der Waals surface area contributed by atoms with Crippen molar-refractivity contribution in [3.63, 3.8) is 0 Å². The molecule has 5 nitrogen and oxygen atoms in total. The summed E-state index contributed by atoms with van der Waals surface area (Å²) in [6.07, 6.45) is 0.642. The molecule has 1 fully saturated rings. The van der Waals surface area contributed by atoms with E-state index in [4.69, 9.17) is 4.74 Å². The fourth-order valence-electron chi connectivity index (χ4n) is 2.53. The molecule has 0 saturated carbocycles. The van der Waals surface area contributed by atoms with Crippen molar-refractivity contribution in [2.75, 3.05) is 52.2 Å². The second-order valence-corrected chi connectivity index (χ2v) is 7.48. The first kappa shape index (κ1) is 17.3. The van der Waals surface area contributed by atoms with Gasteiger partial charge in [0.1, 0.15) is 5.82 Å². The van der Waals surface area contributed by atoms with E-state index in [0.29, 0.717) is 38.2 Å². The smallest absolute Gasteiger partial charge is 0.216 e. The molecule has 0 aliphatic carbocycles. The molecule has 124 valence electrons. The second kappa shape index (κ2) is 8.01. The molecule has 1 aliphatic rings. The lowest BCUT2D eigenvalue weighted by Gasteiger charge is -2.34. The van der Waals surface area contributed by atoms with Crippen molar-refractivity contribution in [3.05, 3.63) is 35.6 Å². The van der Waals surface area contributed by atoms with Crippen molar-refractivity contribution in [1.29, 1.82) is 0 Å². The lowest BCUT2D eigenvalue weighted by molar-refractivity contribution is 0.185. The van der Waals surface area contributed by atoms with Gasteiger partial charge in [0.15, 0.2) is 0 Å². The molecule has 0 bridgehead atoms. The van der Waals surface area contributed by atoms with Gasteiger partial charge >= 0.3 is 0 Å². The van der Waals surface area contributed by atoms with Crippen LogP contribution in [0.4, 0.5) is 4.39 Å². The third-order valence-electron chi connectivity index (χ3n) is 3.93. The van der Waals surface area contributed by atoms with Gasteiger partial charge in [-0.25, -0.2) is 12.8 Å². The second-order valence-electron chi connectivity index (χ2n) is 5.39. The standard InChI is InChI=1S/C15H23FN2O3S/c1-21-12-13-22(19,20)18-10-8-17(9-11-18)7-6-14-4-2-3-5-15(14)16/h2-5H,6-13H2,1H3. The number of halogens is 1. The minimum absolute atomic E-state index is 0.0265. The van der Waals surface area contributed by atoms with Crippen molar-refractivity contribution >= 4 is 10.0 Å². The molecule has 1 aromatic rings. The Balaban J connectivity index is 1.79. The third-order valence-corrected chi connectivity index (χ3v) is 5.76. The number of hydrogen-bond acceptors (Lipinski definition) is 4. The zero-order valence-corrected chi connectivity index (χ0v) is 13.7. The Labute approximate surface area is 131 Å². The molecule has 0 aromatic heterocycles. The molecule has 2 rings (SSSR count). The number of benzene rings is 1. The Kier molecular flexibility index (Phi) is 6.31. The highest BCUT2D eigenvalue weighted by Gasteiger charge is 2.26. The number of nitrogens with zero attached hydrogens (tertiary/aromatic N) is 2. The molecule has 22 heavy (non-hydrogen) atoms. The highest BCUT2D eigenvalue weighted by atomic mass is 32.2. The predicted octanol–water partition coefficient (Wildman–Crippen LogP) is 0.962. The van der Waals surface area contributed by atoms with Gasteiger partial charge in [0, 0.05) is 39.8 Å². The summed E-state index contributed by atoms with van der Waals surface area (Å²) in [6, 6.07) is 6.78. The highest BCUT2D eigenvalue weighted by molar-refractivity contribution is 7.89. The fraction of sp³-hybridized carbons (Fsp3) is 0.600.